The molecule has 0 saturated carbocycles. The first-order valence-corrected chi connectivity index (χ1v) is 6.78. The summed E-state index contributed by atoms with van der Waals surface area (Å²) in [5, 5.41) is 0. The van der Waals surface area contributed by atoms with Crippen LogP contribution in [0.15, 0.2) is 18.2 Å². The van der Waals surface area contributed by atoms with Crippen molar-refractivity contribution in [3.05, 3.63) is 35.1 Å². The van der Waals surface area contributed by atoms with E-state index in [0.717, 1.165) is 18.4 Å². The first kappa shape index (κ1) is 16.8. The third kappa shape index (κ3) is 5.95. The van der Waals surface area contributed by atoms with Crippen molar-refractivity contribution in [2.45, 2.75) is 53.9 Å². The van der Waals surface area contributed by atoms with Gasteiger partial charge in [0, 0.05) is 12.3 Å². The summed E-state index contributed by atoms with van der Waals surface area (Å²) in [5.41, 5.74) is 1.64. The summed E-state index contributed by atoms with van der Waals surface area (Å²) in [5.74, 6) is 0.232. The number of Topliss-reactive ketones (excluding diaryl/α,β-unsaturated/α-hetero) is 1. The second-order valence-electron chi connectivity index (χ2n) is 4.56. The van der Waals surface area contributed by atoms with E-state index in [1.165, 1.54) is 0 Å². The topological polar surface area (TPSA) is 17.1 Å². The minimum Gasteiger partial charge on any atom is -0.299 e. The van der Waals surface area contributed by atoms with E-state index in [1.54, 1.807) is 19.1 Å². The van der Waals surface area contributed by atoms with E-state index in [2.05, 4.69) is 0 Å². The van der Waals surface area contributed by atoms with Crippen LogP contribution in [0.3, 0.4) is 0 Å². The lowest BCUT2D eigenvalue weighted by molar-refractivity contribution is -0.121. The minimum absolute atomic E-state index is 0.106. The summed E-state index contributed by atoms with van der Waals surface area (Å²) in [6.45, 7) is 9.57. The third-order valence-electron chi connectivity index (χ3n) is 2.77. The highest BCUT2D eigenvalue weighted by Crippen LogP contribution is 2.12. The maximum absolute atomic E-state index is 13.2. The number of rotatable bonds is 5. The molecular formula is C16H25FO. The van der Waals surface area contributed by atoms with E-state index in [-0.39, 0.29) is 17.5 Å². The Morgan fingerprint density at radius 2 is 1.89 bits per heavy atom. The Morgan fingerprint density at radius 1 is 1.28 bits per heavy atom. The molecule has 0 amide bonds. The van der Waals surface area contributed by atoms with Crippen LogP contribution in [-0.4, -0.2) is 5.78 Å². The number of aryl methyl sites for hydroxylation is 2. The standard InChI is InChI=1S/C14H19FO.C2H6/c1-10(2)14(16)6-4-5-12-8-7-11(3)13(15)9-12;1-2/h7-10H,4-6H2,1-3H3;1-2H3. The highest BCUT2D eigenvalue weighted by molar-refractivity contribution is 5.80. The summed E-state index contributed by atoms with van der Waals surface area (Å²) in [4.78, 5) is 11.4. The van der Waals surface area contributed by atoms with Crippen molar-refractivity contribution >= 4 is 5.78 Å². The number of halogens is 1. The van der Waals surface area contributed by atoms with Crippen LogP contribution in [0.25, 0.3) is 0 Å². The molecule has 0 saturated heterocycles. The van der Waals surface area contributed by atoms with E-state index in [0.29, 0.717) is 12.0 Å². The summed E-state index contributed by atoms with van der Waals surface area (Å²) < 4.78 is 13.2. The predicted molar refractivity (Wildman–Crippen MR) is 75.3 cm³/mol. The van der Waals surface area contributed by atoms with Gasteiger partial charge in [0.25, 0.3) is 0 Å². The Bertz CT molecular complexity index is 369. The molecule has 1 rings (SSSR count). The molecule has 2 heteroatoms. The third-order valence-corrected chi connectivity index (χ3v) is 2.77. The lowest BCUT2D eigenvalue weighted by Gasteiger charge is -2.05. The maximum atomic E-state index is 13.2. The van der Waals surface area contributed by atoms with Crippen LogP contribution in [0.2, 0.25) is 0 Å². The van der Waals surface area contributed by atoms with Crippen LogP contribution in [0.5, 0.6) is 0 Å². The number of ketones is 1. The predicted octanol–water partition coefficient (Wildman–Crippen LogP) is 4.71. The first-order valence-electron chi connectivity index (χ1n) is 6.78. The highest BCUT2D eigenvalue weighted by atomic mass is 19.1. The summed E-state index contributed by atoms with van der Waals surface area (Å²) in [6.07, 6.45) is 2.17. The van der Waals surface area contributed by atoms with E-state index in [4.69, 9.17) is 0 Å². The minimum atomic E-state index is -0.160. The van der Waals surface area contributed by atoms with Gasteiger partial charge in [-0.3, -0.25) is 4.79 Å². The van der Waals surface area contributed by atoms with Crippen LogP contribution in [0, 0.1) is 18.7 Å². The number of hydrogen-bond donors (Lipinski definition) is 0. The Kier molecular flexibility index (Phi) is 8.27. The van der Waals surface area contributed by atoms with Gasteiger partial charge in [-0.2, -0.15) is 0 Å². The van der Waals surface area contributed by atoms with Crippen LogP contribution in [-0.2, 0) is 11.2 Å². The van der Waals surface area contributed by atoms with Crippen molar-refractivity contribution < 1.29 is 9.18 Å². The molecule has 1 aromatic rings. The van der Waals surface area contributed by atoms with Gasteiger partial charge in [0.2, 0.25) is 0 Å². The van der Waals surface area contributed by atoms with Crippen LogP contribution >= 0.6 is 0 Å². The maximum Gasteiger partial charge on any atom is 0.135 e. The van der Waals surface area contributed by atoms with Gasteiger partial charge in [0.1, 0.15) is 11.6 Å². The molecule has 0 heterocycles. The van der Waals surface area contributed by atoms with Gasteiger partial charge in [0.15, 0.2) is 0 Å². The normalized spacial score (nSPS) is 9.94. The van der Waals surface area contributed by atoms with Crippen molar-refractivity contribution in [1.29, 1.82) is 0 Å². The molecule has 0 aromatic heterocycles. The molecule has 1 nitrogen and oxygen atoms in total. The molecule has 0 bridgehead atoms. The number of hydrogen-bond acceptors (Lipinski definition) is 1. The molecule has 0 aliphatic rings. The van der Waals surface area contributed by atoms with Crippen LogP contribution in [0.4, 0.5) is 4.39 Å². The smallest absolute Gasteiger partial charge is 0.135 e. The molecule has 0 radical (unpaired) electrons. The fourth-order valence-electron chi connectivity index (χ4n) is 1.55. The average Bonchev–Trinajstić information content (AvgIpc) is 2.36. The zero-order valence-electron chi connectivity index (χ0n) is 12.2. The summed E-state index contributed by atoms with van der Waals surface area (Å²) in [6, 6.07) is 5.28. The first-order chi connectivity index (χ1) is 8.50. The monoisotopic (exact) mass is 252 g/mol. The Hall–Kier alpha value is -1.18. The zero-order chi connectivity index (χ0) is 14.1. The van der Waals surface area contributed by atoms with E-state index < -0.39 is 0 Å². The SMILES string of the molecule is CC.Cc1ccc(CCCC(=O)C(C)C)cc1F. The lowest BCUT2D eigenvalue weighted by atomic mass is 10.0. The zero-order valence-corrected chi connectivity index (χ0v) is 12.2. The molecule has 0 N–H and O–H groups in total. The molecule has 0 aliphatic heterocycles. The number of carbonyl (C=O) groups is 1. The van der Waals surface area contributed by atoms with E-state index in [9.17, 15) is 9.18 Å². The number of benzene rings is 1. The van der Waals surface area contributed by atoms with Gasteiger partial charge >= 0.3 is 0 Å². The van der Waals surface area contributed by atoms with Crippen LogP contribution in [0.1, 0.15) is 51.7 Å². The van der Waals surface area contributed by atoms with Gasteiger partial charge in [-0.1, -0.05) is 39.8 Å². The second-order valence-corrected chi connectivity index (χ2v) is 4.56. The fraction of sp³-hybridized carbons (Fsp3) is 0.562. The van der Waals surface area contributed by atoms with Gasteiger partial charge < -0.3 is 0 Å². The lowest BCUT2D eigenvalue weighted by Crippen LogP contribution is -2.06. The summed E-state index contributed by atoms with van der Waals surface area (Å²) in [7, 11) is 0. The van der Waals surface area contributed by atoms with Crippen molar-refractivity contribution in [3.8, 4) is 0 Å². The van der Waals surface area contributed by atoms with E-state index in [1.807, 2.05) is 33.8 Å². The Balaban J connectivity index is 0.00000137. The second kappa shape index (κ2) is 8.84. The van der Waals surface area contributed by atoms with E-state index >= 15 is 0 Å². The quantitative estimate of drug-likeness (QED) is 0.741. The van der Waals surface area contributed by atoms with Crippen molar-refractivity contribution in [1.82, 2.24) is 0 Å². The largest absolute Gasteiger partial charge is 0.299 e. The Labute approximate surface area is 110 Å². The molecule has 0 unspecified atom stereocenters. The van der Waals surface area contributed by atoms with Gasteiger partial charge in [-0.25, -0.2) is 4.39 Å². The molecular weight excluding hydrogens is 227 g/mol. The average molecular weight is 252 g/mol. The number of carbonyl (C=O) groups excluding carboxylic acids is 1. The van der Waals surface area contributed by atoms with Gasteiger partial charge in [-0.15, -0.1) is 0 Å². The molecule has 1 aromatic carbocycles. The molecule has 18 heavy (non-hydrogen) atoms. The van der Waals surface area contributed by atoms with Crippen molar-refractivity contribution in [2.75, 3.05) is 0 Å². The molecule has 102 valence electrons. The Morgan fingerprint density at radius 3 is 2.39 bits per heavy atom. The molecule has 0 aliphatic carbocycles. The van der Waals surface area contributed by atoms with Crippen molar-refractivity contribution in [3.63, 3.8) is 0 Å². The highest BCUT2D eigenvalue weighted by Gasteiger charge is 2.07. The molecule has 0 atom stereocenters. The van der Waals surface area contributed by atoms with Crippen molar-refractivity contribution in [2.24, 2.45) is 5.92 Å². The van der Waals surface area contributed by atoms with Gasteiger partial charge in [-0.05, 0) is 37.0 Å². The van der Waals surface area contributed by atoms with Crippen LogP contribution < -0.4 is 0 Å². The van der Waals surface area contributed by atoms with Gasteiger partial charge in [0.05, 0.1) is 0 Å². The molecule has 0 spiro atoms. The summed E-state index contributed by atoms with van der Waals surface area (Å²) >= 11 is 0. The molecule has 0 fully saturated rings. The fourth-order valence-corrected chi connectivity index (χ4v) is 1.55.